The maximum absolute atomic E-state index is 13.6. The van der Waals surface area contributed by atoms with Crippen LogP contribution in [0.1, 0.15) is 27.7 Å². The van der Waals surface area contributed by atoms with Gasteiger partial charge in [0, 0.05) is 10.9 Å². The third kappa shape index (κ3) is 3.46. The Morgan fingerprint density at radius 2 is 2.10 bits per heavy atom. The number of hydrogen-bond donors (Lipinski definition) is 2. The van der Waals surface area contributed by atoms with Crippen LogP contribution < -0.4 is 5.32 Å². The van der Waals surface area contributed by atoms with Crippen molar-refractivity contribution in [1.29, 1.82) is 0 Å². The summed E-state index contributed by atoms with van der Waals surface area (Å²) in [5, 5.41) is 14.6. The smallest absolute Gasteiger partial charge is 0.254 e. The first-order valence-electron chi connectivity index (χ1n) is 6.31. The predicted molar refractivity (Wildman–Crippen MR) is 77.3 cm³/mol. The van der Waals surface area contributed by atoms with Crippen molar-refractivity contribution in [3.05, 3.63) is 57.3 Å². The number of halogens is 2. The quantitative estimate of drug-likeness (QED) is 0.912. The third-order valence-electron chi connectivity index (χ3n) is 3.14. The van der Waals surface area contributed by atoms with Crippen molar-refractivity contribution in [2.75, 3.05) is 6.54 Å². The summed E-state index contributed by atoms with van der Waals surface area (Å²) in [6, 6.07) is 5.38. The molecule has 2 aromatic rings. The number of amides is 1. The predicted octanol–water partition coefficient (Wildman–Crippen LogP) is 2.97. The number of carbonyl (C=O) groups excluding carboxylic acids is 1. The van der Waals surface area contributed by atoms with Gasteiger partial charge in [-0.2, -0.15) is 0 Å². The van der Waals surface area contributed by atoms with Gasteiger partial charge in [-0.3, -0.25) is 4.79 Å². The zero-order chi connectivity index (χ0) is 15.6. The van der Waals surface area contributed by atoms with Crippen molar-refractivity contribution in [1.82, 2.24) is 5.32 Å². The fraction of sp³-hybridized carbons (Fsp3) is 0.267. The number of nitrogens with one attached hydrogen (secondary N) is 1. The number of rotatable bonds is 4. The molecule has 21 heavy (non-hydrogen) atoms. The van der Waals surface area contributed by atoms with Gasteiger partial charge in [0.25, 0.3) is 5.91 Å². The largest absolute Gasteiger partial charge is 0.383 e. The molecule has 1 amide bonds. The Hall–Kier alpha value is -1.79. The Bertz CT molecular complexity index is 654. The molecule has 1 aromatic heterocycles. The molecule has 1 unspecified atom stereocenters. The minimum absolute atomic E-state index is 0.0673. The summed E-state index contributed by atoms with van der Waals surface area (Å²) in [6.07, 6.45) is 0. The van der Waals surface area contributed by atoms with Crippen molar-refractivity contribution in [3.8, 4) is 0 Å². The topological polar surface area (TPSA) is 49.3 Å². The zero-order valence-electron chi connectivity index (χ0n) is 11.6. The van der Waals surface area contributed by atoms with Gasteiger partial charge in [-0.15, -0.1) is 11.3 Å². The SMILES string of the molecule is Cc1cc(C(=O)NCC(C)(O)c2cccs2)c(F)cc1F. The Labute approximate surface area is 125 Å². The van der Waals surface area contributed by atoms with E-state index < -0.39 is 23.1 Å². The van der Waals surface area contributed by atoms with Gasteiger partial charge in [0.2, 0.25) is 0 Å². The molecule has 0 bridgehead atoms. The third-order valence-corrected chi connectivity index (χ3v) is 4.26. The van der Waals surface area contributed by atoms with Crippen molar-refractivity contribution >= 4 is 17.2 Å². The Morgan fingerprint density at radius 3 is 2.71 bits per heavy atom. The van der Waals surface area contributed by atoms with E-state index in [4.69, 9.17) is 0 Å². The van der Waals surface area contributed by atoms with Crippen LogP contribution in [-0.4, -0.2) is 17.6 Å². The van der Waals surface area contributed by atoms with E-state index in [2.05, 4.69) is 5.32 Å². The molecule has 0 saturated heterocycles. The molecule has 0 aliphatic heterocycles. The number of aliphatic hydroxyl groups is 1. The van der Waals surface area contributed by atoms with E-state index in [0.717, 1.165) is 6.07 Å². The molecule has 0 aliphatic rings. The van der Waals surface area contributed by atoms with E-state index >= 15 is 0 Å². The van der Waals surface area contributed by atoms with E-state index in [-0.39, 0.29) is 17.7 Å². The van der Waals surface area contributed by atoms with E-state index in [9.17, 15) is 18.7 Å². The van der Waals surface area contributed by atoms with Crippen LogP contribution >= 0.6 is 11.3 Å². The molecular weight excluding hydrogens is 296 g/mol. The number of aryl methyl sites for hydroxylation is 1. The van der Waals surface area contributed by atoms with E-state index in [1.807, 2.05) is 5.38 Å². The van der Waals surface area contributed by atoms with Crippen LogP contribution in [0.3, 0.4) is 0 Å². The van der Waals surface area contributed by atoms with Crippen LogP contribution in [-0.2, 0) is 5.60 Å². The monoisotopic (exact) mass is 311 g/mol. The number of benzene rings is 1. The molecule has 0 aliphatic carbocycles. The summed E-state index contributed by atoms with van der Waals surface area (Å²) in [5.41, 5.74) is -1.29. The van der Waals surface area contributed by atoms with E-state index in [1.165, 1.54) is 18.3 Å². The van der Waals surface area contributed by atoms with Crippen LogP contribution in [0.4, 0.5) is 8.78 Å². The van der Waals surface area contributed by atoms with Gasteiger partial charge in [0.1, 0.15) is 17.2 Å². The first-order chi connectivity index (χ1) is 9.81. The molecule has 0 radical (unpaired) electrons. The molecule has 3 nitrogen and oxygen atoms in total. The number of carbonyl (C=O) groups is 1. The Balaban J connectivity index is 2.11. The number of hydrogen-bond acceptors (Lipinski definition) is 3. The average Bonchev–Trinajstić information content (AvgIpc) is 2.95. The summed E-state index contributed by atoms with van der Waals surface area (Å²) in [7, 11) is 0. The molecule has 0 fully saturated rings. The lowest BCUT2D eigenvalue weighted by molar-refractivity contribution is 0.0555. The summed E-state index contributed by atoms with van der Waals surface area (Å²) in [4.78, 5) is 12.7. The second-order valence-electron chi connectivity index (χ2n) is 5.02. The molecule has 1 atom stereocenters. The lowest BCUT2D eigenvalue weighted by Crippen LogP contribution is -2.38. The fourth-order valence-electron chi connectivity index (χ4n) is 1.85. The standard InChI is InChI=1S/C15H15F2NO2S/c1-9-6-10(12(17)7-11(9)16)14(19)18-8-15(2,20)13-4-3-5-21-13/h3-7,20H,8H2,1-2H3,(H,18,19). The minimum atomic E-state index is -1.24. The molecule has 1 aromatic carbocycles. The van der Waals surface area contributed by atoms with E-state index in [0.29, 0.717) is 10.9 Å². The maximum atomic E-state index is 13.6. The van der Waals surface area contributed by atoms with Crippen molar-refractivity contribution in [2.24, 2.45) is 0 Å². The van der Waals surface area contributed by atoms with Crippen LogP contribution in [0.5, 0.6) is 0 Å². The highest BCUT2D eigenvalue weighted by molar-refractivity contribution is 7.10. The molecule has 2 rings (SSSR count). The van der Waals surface area contributed by atoms with Gasteiger partial charge >= 0.3 is 0 Å². The van der Waals surface area contributed by atoms with Crippen LogP contribution in [0, 0.1) is 18.6 Å². The molecule has 6 heteroatoms. The highest BCUT2D eigenvalue weighted by Crippen LogP contribution is 2.24. The second kappa shape index (κ2) is 5.91. The minimum Gasteiger partial charge on any atom is -0.383 e. The van der Waals surface area contributed by atoms with E-state index in [1.54, 1.807) is 19.1 Å². The van der Waals surface area contributed by atoms with Gasteiger partial charge in [-0.05, 0) is 36.9 Å². The first kappa shape index (κ1) is 15.6. The molecule has 0 saturated carbocycles. The van der Waals surface area contributed by atoms with Gasteiger partial charge in [-0.25, -0.2) is 8.78 Å². The molecule has 112 valence electrons. The van der Waals surface area contributed by atoms with Crippen molar-refractivity contribution < 1.29 is 18.7 Å². The molecular formula is C15H15F2NO2S. The number of thiophene rings is 1. The van der Waals surface area contributed by atoms with Gasteiger partial charge in [0.05, 0.1) is 12.1 Å². The van der Waals surface area contributed by atoms with Gasteiger partial charge in [0.15, 0.2) is 0 Å². The summed E-state index contributed by atoms with van der Waals surface area (Å²) in [6.45, 7) is 2.95. The molecule has 1 heterocycles. The zero-order valence-corrected chi connectivity index (χ0v) is 12.4. The van der Waals surface area contributed by atoms with Gasteiger partial charge < -0.3 is 10.4 Å². The van der Waals surface area contributed by atoms with Crippen LogP contribution in [0.15, 0.2) is 29.6 Å². The first-order valence-corrected chi connectivity index (χ1v) is 7.19. The fourth-order valence-corrected chi connectivity index (χ4v) is 2.64. The summed E-state index contributed by atoms with van der Waals surface area (Å²) < 4.78 is 26.8. The van der Waals surface area contributed by atoms with Crippen molar-refractivity contribution in [3.63, 3.8) is 0 Å². The Morgan fingerprint density at radius 1 is 1.38 bits per heavy atom. The molecule has 2 N–H and O–H groups in total. The highest BCUT2D eigenvalue weighted by atomic mass is 32.1. The normalized spacial score (nSPS) is 13.8. The highest BCUT2D eigenvalue weighted by Gasteiger charge is 2.25. The second-order valence-corrected chi connectivity index (χ2v) is 5.96. The lowest BCUT2D eigenvalue weighted by Gasteiger charge is -2.22. The van der Waals surface area contributed by atoms with Crippen molar-refractivity contribution in [2.45, 2.75) is 19.4 Å². The maximum Gasteiger partial charge on any atom is 0.254 e. The summed E-state index contributed by atoms with van der Waals surface area (Å²) >= 11 is 1.36. The Kier molecular flexibility index (Phi) is 4.39. The van der Waals surface area contributed by atoms with Gasteiger partial charge in [-0.1, -0.05) is 6.07 Å². The molecule has 0 spiro atoms. The van der Waals surface area contributed by atoms with Crippen LogP contribution in [0.2, 0.25) is 0 Å². The van der Waals surface area contributed by atoms with Crippen LogP contribution in [0.25, 0.3) is 0 Å². The average molecular weight is 311 g/mol. The summed E-state index contributed by atoms with van der Waals surface area (Å²) in [5.74, 6) is -2.31. The lowest BCUT2D eigenvalue weighted by atomic mass is 10.0.